The predicted octanol–water partition coefficient (Wildman–Crippen LogP) is 2.11. The molecule has 3 rings (SSSR count). The van der Waals surface area contributed by atoms with Gasteiger partial charge in [-0.05, 0) is 12.1 Å². The Bertz CT molecular complexity index is 988. The second-order valence-corrected chi connectivity index (χ2v) is 5.29. The van der Waals surface area contributed by atoms with Gasteiger partial charge in [0, 0.05) is 22.8 Å². The third kappa shape index (κ3) is 2.26. The molecule has 1 aliphatic rings. The van der Waals surface area contributed by atoms with Crippen LogP contribution in [-0.4, -0.2) is 37.8 Å². The van der Waals surface area contributed by atoms with Crippen molar-refractivity contribution in [2.24, 2.45) is 0 Å². The Hall–Kier alpha value is -4.15. The molecule has 11 heteroatoms. The Morgan fingerprint density at radius 3 is 1.96 bits per heavy atom. The fourth-order valence-corrected chi connectivity index (χ4v) is 2.83. The molecule has 1 aliphatic carbocycles. The average Bonchev–Trinajstić information content (AvgIpc) is 2.85. The molecule has 0 saturated heterocycles. The maximum absolute atomic E-state index is 12.6. The zero-order valence-electron chi connectivity index (χ0n) is 12.5. The summed E-state index contributed by atoms with van der Waals surface area (Å²) in [6.07, 6.45) is 0. The van der Waals surface area contributed by atoms with E-state index in [4.69, 9.17) is 5.11 Å². The van der Waals surface area contributed by atoms with E-state index in [-0.39, 0.29) is 16.7 Å². The summed E-state index contributed by atoms with van der Waals surface area (Å²) in [5, 5.41) is 40.8. The van der Waals surface area contributed by atoms with E-state index >= 15 is 0 Å². The second-order valence-electron chi connectivity index (χ2n) is 5.29. The zero-order chi connectivity index (χ0) is 19.3. The number of hydrogen-bond acceptors (Lipinski definition) is 7. The fraction of sp³-hybridized carbons (Fsp3) is 0. The number of carbonyl (C=O) groups is 3. The van der Waals surface area contributed by atoms with Gasteiger partial charge in [-0.15, -0.1) is 0 Å². The number of nitro groups is 2. The van der Waals surface area contributed by atoms with Crippen molar-refractivity contribution in [2.75, 3.05) is 0 Å². The molecule has 0 aromatic heterocycles. The van der Waals surface area contributed by atoms with E-state index in [9.17, 15) is 39.7 Å². The molecule has 0 radical (unpaired) electrons. The van der Waals surface area contributed by atoms with Crippen LogP contribution in [0.3, 0.4) is 0 Å². The molecule has 0 spiro atoms. The first kappa shape index (κ1) is 16.7. The largest absolute Gasteiger partial charge is 0.478 e. The molecule has 0 heterocycles. The van der Waals surface area contributed by atoms with Gasteiger partial charge >= 0.3 is 11.9 Å². The molecule has 11 nitrogen and oxygen atoms in total. The minimum Gasteiger partial charge on any atom is -0.478 e. The average molecular weight is 358 g/mol. The third-order valence-corrected chi connectivity index (χ3v) is 3.86. The minimum absolute atomic E-state index is 0.330. The van der Waals surface area contributed by atoms with Gasteiger partial charge in [0.1, 0.15) is 0 Å². The highest BCUT2D eigenvalue weighted by Crippen LogP contribution is 2.46. The molecule has 26 heavy (non-hydrogen) atoms. The Morgan fingerprint density at radius 1 is 0.846 bits per heavy atom. The van der Waals surface area contributed by atoms with Gasteiger partial charge in [0.2, 0.25) is 0 Å². The van der Waals surface area contributed by atoms with E-state index < -0.39 is 55.6 Å². The number of aromatic carboxylic acids is 2. The maximum atomic E-state index is 12.6. The first-order chi connectivity index (χ1) is 12.1. The summed E-state index contributed by atoms with van der Waals surface area (Å²) in [4.78, 5) is 55.7. The maximum Gasteiger partial charge on any atom is 0.336 e. The molecular formula is C15H6N2O9. The van der Waals surface area contributed by atoms with E-state index in [1.54, 1.807) is 0 Å². The summed E-state index contributed by atoms with van der Waals surface area (Å²) >= 11 is 0. The molecule has 0 bridgehead atoms. The minimum atomic E-state index is -1.60. The van der Waals surface area contributed by atoms with Gasteiger partial charge in [-0.3, -0.25) is 25.0 Å². The lowest BCUT2D eigenvalue weighted by Gasteiger charge is -2.07. The molecule has 2 aromatic rings. The number of carbonyl (C=O) groups excluding carboxylic acids is 1. The lowest BCUT2D eigenvalue weighted by molar-refractivity contribution is -0.393. The lowest BCUT2D eigenvalue weighted by atomic mass is 9.95. The van der Waals surface area contributed by atoms with Crippen LogP contribution < -0.4 is 0 Å². The third-order valence-electron chi connectivity index (χ3n) is 3.86. The van der Waals surface area contributed by atoms with Crippen LogP contribution in [0.2, 0.25) is 0 Å². The number of nitrogens with zero attached hydrogens (tertiary/aromatic N) is 2. The van der Waals surface area contributed by atoms with Gasteiger partial charge in [0.15, 0.2) is 5.78 Å². The molecule has 0 atom stereocenters. The number of nitro benzene ring substituents is 2. The number of rotatable bonds is 4. The van der Waals surface area contributed by atoms with Gasteiger partial charge in [-0.25, -0.2) is 9.59 Å². The smallest absolute Gasteiger partial charge is 0.336 e. The highest BCUT2D eigenvalue weighted by atomic mass is 16.6. The summed E-state index contributed by atoms with van der Waals surface area (Å²) in [6.45, 7) is 0. The van der Waals surface area contributed by atoms with Gasteiger partial charge in [0.25, 0.3) is 11.4 Å². The van der Waals surface area contributed by atoms with Crippen molar-refractivity contribution in [3.05, 3.63) is 66.7 Å². The predicted molar refractivity (Wildman–Crippen MR) is 82.5 cm³/mol. The van der Waals surface area contributed by atoms with Crippen LogP contribution in [0.5, 0.6) is 0 Å². The van der Waals surface area contributed by atoms with Gasteiger partial charge in [-0.2, -0.15) is 0 Å². The first-order valence-electron chi connectivity index (χ1n) is 6.80. The molecule has 2 N–H and O–H groups in total. The zero-order valence-corrected chi connectivity index (χ0v) is 12.5. The molecular weight excluding hydrogens is 352 g/mol. The van der Waals surface area contributed by atoms with E-state index in [2.05, 4.69) is 0 Å². The quantitative estimate of drug-likeness (QED) is 0.521. The van der Waals surface area contributed by atoms with Gasteiger partial charge in [-0.1, -0.05) is 0 Å². The number of hydrogen-bond donors (Lipinski definition) is 2. The Morgan fingerprint density at radius 2 is 1.46 bits per heavy atom. The van der Waals surface area contributed by atoms with Gasteiger partial charge in [0.05, 0.1) is 32.6 Å². The van der Waals surface area contributed by atoms with Crippen LogP contribution in [0.4, 0.5) is 11.4 Å². The molecule has 2 aromatic carbocycles. The molecule has 0 unspecified atom stereocenters. The summed E-state index contributed by atoms with van der Waals surface area (Å²) in [6, 6.07) is 3.09. The van der Waals surface area contributed by atoms with Crippen LogP contribution in [0, 0.1) is 20.2 Å². The molecule has 0 saturated carbocycles. The Balaban J connectivity index is 2.48. The van der Waals surface area contributed by atoms with Crippen molar-refractivity contribution in [3.63, 3.8) is 0 Å². The number of benzene rings is 2. The molecule has 0 amide bonds. The SMILES string of the molecule is O=C(O)c1cc(C(=O)O)c2c(c1)C(=O)c1cc([N+](=O)[O-])cc([N+](=O)[O-])c1-2. The topological polar surface area (TPSA) is 178 Å². The molecule has 130 valence electrons. The van der Waals surface area contributed by atoms with Gasteiger partial charge < -0.3 is 10.2 Å². The summed E-state index contributed by atoms with van der Waals surface area (Å²) in [5.74, 6) is -4.02. The summed E-state index contributed by atoms with van der Waals surface area (Å²) < 4.78 is 0. The normalized spacial score (nSPS) is 11.6. The van der Waals surface area contributed by atoms with E-state index in [1.165, 1.54) is 0 Å². The van der Waals surface area contributed by atoms with Crippen LogP contribution in [0.1, 0.15) is 36.6 Å². The second kappa shape index (κ2) is 5.44. The van der Waals surface area contributed by atoms with Crippen molar-refractivity contribution in [1.82, 2.24) is 0 Å². The monoisotopic (exact) mass is 358 g/mol. The Labute approximate surface area is 142 Å². The van der Waals surface area contributed by atoms with Crippen LogP contribution in [0.25, 0.3) is 11.1 Å². The highest BCUT2D eigenvalue weighted by Gasteiger charge is 2.39. The van der Waals surface area contributed by atoms with Crippen molar-refractivity contribution in [1.29, 1.82) is 0 Å². The number of carboxylic acids is 2. The number of fused-ring (bicyclic) bond motifs is 3. The first-order valence-corrected chi connectivity index (χ1v) is 6.80. The fourth-order valence-electron chi connectivity index (χ4n) is 2.83. The summed E-state index contributed by atoms with van der Waals surface area (Å²) in [7, 11) is 0. The van der Waals surface area contributed by atoms with E-state index in [0.717, 1.165) is 18.2 Å². The van der Waals surface area contributed by atoms with Crippen LogP contribution in [0.15, 0.2) is 24.3 Å². The van der Waals surface area contributed by atoms with Crippen LogP contribution in [-0.2, 0) is 0 Å². The number of ketones is 1. The molecule has 0 fully saturated rings. The van der Waals surface area contributed by atoms with Crippen molar-refractivity contribution in [3.8, 4) is 11.1 Å². The van der Waals surface area contributed by atoms with Crippen molar-refractivity contribution >= 4 is 29.1 Å². The highest BCUT2D eigenvalue weighted by molar-refractivity contribution is 6.26. The lowest BCUT2D eigenvalue weighted by Crippen LogP contribution is -2.07. The van der Waals surface area contributed by atoms with E-state index in [1.807, 2.05) is 0 Å². The van der Waals surface area contributed by atoms with Crippen molar-refractivity contribution in [2.45, 2.75) is 0 Å². The standard InChI is InChI=1S/C15H6N2O9/c18-13-7-1-5(14(19)20)2-9(15(21)22)11(7)12-8(13)3-6(16(23)24)4-10(12)17(25)26/h1-4H,(H,19,20)(H,21,22). The summed E-state index contributed by atoms with van der Waals surface area (Å²) in [5.41, 5.74) is -4.16. The van der Waals surface area contributed by atoms with E-state index in [0.29, 0.717) is 6.07 Å². The number of carboxylic acid groups (broad SMARTS) is 2. The molecule has 0 aliphatic heterocycles. The Kier molecular flexibility index (Phi) is 3.50. The van der Waals surface area contributed by atoms with Crippen LogP contribution >= 0.6 is 0 Å². The van der Waals surface area contributed by atoms with Crippen molar-refractivity contribution < 1.29 is 34.4 Å². The number of non-ortho nitro benzene ring substituents is 1.